The van der Waals surface area contributed by atoms with Crippen LogP contribution in [0.15, 0.2) is 24.3 Å². The van der Waals surface area contributed by atoms with Crippen LogP contribution in [0.4, 0.5) is 5.69 Å². The summed E-state index contributed by atoms with van der Waals surface area (Å²) in [5.74, 6) is -1.13. The average molecular weight is 292 g/mol. The topological polar surface area (TPSA) is 78.4 Å². The summed E-state index contributed by atoms with van der Waals surface area (Å²) in [5, 5.41) is 14.6. The Morgan fingerprint density at radius 1 is 1.14 bits per heavy atom. The fourth-order valence-corrected chi connectivity index (χ4v) is 1.93. The fourth-order valence-electron chi connectivity index (χ4n) is 1.93. The predicted molar refractivity (Wildman–Crippen MR) is 82.9 cm³/mol. The van der Waals surface area contributed by atoms with E-state index in [0.29, 0.717) is 18.0 Å². The molecule has 1 rings (SSSR count). The third-order valence-electron chi connectivity index (χ3n) is 3.07. The minimum atomic E-state index is -0.739. The van der Waals surface area contributed by atoms with Gasteiger partial charge in [-0.2, -0.15) is 0 Å². The quantitative estimate of drug-likeness (QED) is 0.698. The third-order valence-corrected chi connectivity index (χ3v) is 3.07. The van der Waals surface area contributed by atoms with Gasteiger partial charge in [0.1, 0.15) is 0 Å². The molecule has 0 heterocycles. The lowest BCUT2D eigenvalue weighted by Crippen LogP contribution is -2.39. The van der Waals surface area contributed by atoms with E-state index in [9.17, 15) is 14.7 Å². The van der Waals surface area contributed by atoms with Crippen LogP contribution >= 0.6 is 0 Å². The fraction of sp³-hybridized carbons (Fsp3) is 0.500. The Kier molecular flexibility index (Phi) is 6.88. The van der Waals surface area contributed by atoms with Crippen molar-refractivity contribution in [3.63, 3.8) is 0 Å². The number of rotatable bonds is 6. The zero-order chi connectivity index (χ0) is 15.8. The molecule has 116 valence electrons. The van der Waals surface area contributed by atoms with Gasteiger partial charge >= 0.3 is 11.8 Å². The molecule has 0 fully saturated rings. The standard InChI is InChI=1S/C16H24N2O3/c1-4-12-5-7-13(8-6-12)18-16(21)15(20)17-10-14(19)9-11(2)3/h5-8,11,14,19H,4,9-10H2,1-3H3,(H,17,20)(H,18,21). The Labute approximate surface area is 125 Å². The second kappa shape index (κ2) is 8.42. The van der Waals surface area contributed by atoms with Gasteiger partial charge in [0.15, 0.2) is 0 Å². The van der Waals surface area contributed by atoms with Crippen molar-refractivity contribution in [2.45, 2.75) is 39.7 Å². The smallest absolute Gasteiger partial charge is 0.313 e. The van der Waals surface area contributed by atoms with E-state index in [1.54, 1.807) is 12.1 Å². The first-order valence-electron chi connectivity index (χ1n) is 7.28. The summed E-state index contributed by atoms with van der Waals surface area (Å²) < 4.78 is 0. The molecule has 0 saturated carbocycles. The summed E-state index contributed by atoms with van der Waals surface area (Å²) >= 11 is 0. The summed E-state index contributed by atoms with van der Waals surface area (Å²) in [6.45, 7) is 6.10. The Bertz CT molecular complexity index is 469. The monoisotopic (exact) mass is 292 g/mol. The third kappa shape index (κ3) is 6.40. The van der Waals surface area contributed by atoms with Gasteiger partial charge in [0.2, 0.25) is 0 Å². The van der Waals surface area contributed by atoms with Crippen LogP contribution in [0.3, 0.4) is 0 Å². The van der Waals surface area contributed by atoms with Crippen LogP contribution in [0.1, 0.15) is 32.8 Å². The molecule has 0 aliphatic rings. The number of carbonyl (C=O) groups is 2. The molecule has 0 radical (unpaired) electrons. The van der Waals surface area contributed by atoms with Crippen LogP contribution in [0.5, 0.6) is 0 Å². The molecule has 0 aromatic heterocycles. The van der Waals surface area contributed by atoms with Crippen molar-refractivity contribution in [1.29, 1.82) is 0 Å². The van der Waals surface area contributed by atoms with Crippen LogP contribution in [0.25, 0.3) is 0 Å². The first-order valence-corrected chi connectivity index (χ1v) is 7.28. The van der Waals surface area contributed by atoms with Gasteiger partial charge in [0.25, 0.3) is 0 Å². The number of aryl methyl sites for hydroxylation is 1. The highest BCUT2D eigenvalue weighted by Crippen LogP contribution is 2.09. The van der Waals surface area contributed by atoms with Gasteiger partial charge in [-0.15, -0.1) is 0 Å². The van der Waals surface area contributed by atoms with E-state index in [1.165, 1.54) is 0 Å². The summed E-state index contributed by atoms with van der Waals surface area (Å²) in [4.78, 5) is 23.3. The van der Waals surface area contributed by atoms with Gasteiger partial charge in [0.05, 0.1) is 6.10 Å². The van der Waals surface area contributed by atoms with Gasteiger partial charge < -0.3 is 15.7 Å². The predicted octanol–water partition coefficient (Wildman–Crippen LogP) is 1.71. The summed E-state index contributed by atoms with van der Waals surface area (Å²) in [5.41, 5.74) is 1.74. The molecule has 5 heteroatoms. The zero-order valence-corrected chi connectivity index (χ0v) is 12.8. The van der Waals surface area contributed by atoms with Crippen molar-refractivity contribution >= 4 is 17.5 Å². The molecule has 21 heavy (non-hydrogen) atoms. The lowest BCUT2D eigenvalue weighted by Gasteiger charge is -2.13. The van der Waals surface area contributed by atoms with Gasteiger partial charge in [-0.3, -0.25) is 9.59 Å². The Hall–Kier alpha value is -1.88. The van der Waals surface area contributed by atoms with Gasteiger partial charge in [-0.25, -0.2) is 0 Å². The SMILES string of the molecule is CCc1ccc(NC(=O)C(=O)NCC(O)CC(C)C)cc1. The van der Waals surface area contributed by atoms with E-state index < -0.39 is 17.9 Å². The Morgan fingerprint density at radius 2 is 1.76 bits per heavy atom. The van der Waals surface area contributed by atoms with E-state index in [0.717, 1.165) is 12.0 Å². The maximum Gasteiger partial charge on any atom is 0.313 e. The average Bonchev–Trinajstić information content (AvgIpc) is 2.44. The van der Waals surface area contributed by atoms with E-state index in [1.807, 2.05) is 32.9 Å². The van der Waals surface area contributed by atoms with Gasteiger partial charge in [-0.05, 0) is 36.5 Å². The first kappa shape index (κ1) is 17.2. The lowest BCUT2D eigenvalue weighted by molar-refractivity contribution is -0.136. The molecule has 3 N–H and O–H groups in total. The second-order valence-electron chi connectivity index (χ2n) is 5.50. The number of amides is 2. The van der Waals surface area contributed by atoms with Gasteiger partial charge in [0, 0.05) is 12.2 Å². The molecule has 1 unspecified atom stereocenters. The van der Waals surface area contributed by atoms with E-state index >= 15 is 0 Å². The van der Waals surface area contributed by atoms with Crippen LogP contribution in [0, 0.1) is 5.92 Å². The summed E-state index contributed by atoms with van der Waals surface area (Å²) in [7, 11) is 0. The molecule has 1 aromatic rings. The molecular weight excluding hydrogens is 268 g/mol. The number of carbonyl (C=O) groups excluding carboxylic acids is 2. The zero-order valence-electron chi connectivity index (χ0n) is 12.8. The minimum absolute atomic E-state index is 0.0825. The molecule has 1 aromatic carbocycles. The van der Waals surface area contributed by atoms with E-state index in [-0.39, 0.29) is 6.54 Å². The van der Waals surface area contributed by atoms with Crippen molar-refractivity contribution in [2.75, 3.05) is 11.9 Å². The lowest BCUT2D eigenvalue weighted by atomic mass is 10.1. The number of hydrogen-bond donors (Lipinski definition) is 3. The van der Waals surface area contributed by atoms with Crippen molar-refractivity contribution in [3.05, 3.63) is 29.8 Å². The van der Waals surface area contributed by atoms with Crippen molar-refractivity contribution in [1.82, 2.24) is 5.32 Å². The first-order chi connectivity index (χ1) is 9.92. The maximum absolute atomic E-state index is 11.7. The number of aliphatic hydroxyl groups excluding tert-OH is 1. The van der Waals surface area contributed by atoms with Crippen LogP contribution in [0.2, 0.25) is 0 Å². The van der Waals surface area contributed by atoms with Crippen molar-refractivity contribution in [2.24, 2.45) is 5.92 Å². The van der Waals surface area contributed by atoms with Crippen molar-refractivity contribution in [3.8, 4) is 0 Å². The highest BCUT2D eigenvalue weighted by Gasteiger charge is 2.15. The van der Waals surface area contributed by atoms with Crippen LogP contribution < -0.4 is 10.6 Å². The molecule has 0 aliphatic carbocycles. The Balaban J connectivity index is 2.41. The number of aliphatic hydroxyl groups is 1. The number of anilines is 1. The van der Waals surface area contributed by atoms with E-state index in [4.69, 9.17) is 0 Å². The maximum atomic E-state index is 11.7. The molecular formula is C16H24N2O3. The number of benzene rings is 1. The Morgan fingerprint density at radius 3 is 2.29 bits per heavy atom. The second-order valence-corrected chi connectivity index (χ2v) is 5.50. The highest BCUT2D eigenvalue weighted by atomic mass is 16.3. The molecule has 1 atom stereocenters. The summed E-state index contributed by atoms with van der Waals surface area (Å²) in [6.07, 6.45) is 0.869. The molecule has 5 nitrogen and oxygen atoms in total. The molecule has 2 amide bonds. The molecule has 0 spiro atoms. The number of hydrogen-bond acceptors (Lipinski definition) is 3. The largest absolute Gasteiger partial charge is 0.391 e. The molecule has 0 bridgehead atoms. The van der Waals surface area contributed by atoms with E-state index in [2.05, 4.69) is 10.6 Å². The van der Waals surface area contributed by atoms with Crippen LogP contribution in [-0.4, -0.2) is 29.6 Å². The summed E-state index contributed by atoms with van der Waals surface area (Å²) in [6, 6.07) is 7.33. The molecule has 0 aliphatic heterocycles. The minimum Gasteiger partial charge on any atom is -0.391 e. The van der Waals surface area contributed by atoms with Crippen molar-refractivity contribution < 1.29 is 14.7 Å². The van der Waals surface area contributed by atoms with Crippen LogP contribution in [-0.2, 0) is 16.0 Å². The van der Waals surface area contributed by atoms with Gasteiger partial charge in [-0.1, -0.05) is 32.9 Å². The molecule has 0 saturated heterocycles. The normalized spacial score (nSPS) is 12.0. The highest BCUT2D eigenvalue weighted by molar-refractivity contribution is 6.39. The number of nitrogens with one attached hydrogen (secondary N) is 2.